The number of nitrogens with one attached hydrogen (secondary N) is 1. The van der Waals surface area contributed by atoms with Crippen LogP contribution < -0.4 is 0 Å². The van der Waals surface area contributed by atoms with Gasteiger partial charge >= 0.3 is 0 Å². The number of benzene rings is 1. The highest BCUT2D eigenvalue weighted by molar-refractivity contribution is 5.89. The standard InChI is InChI=1S/C15H12N2/c1-2-4-13-11-14-6-10-17-15(14)7-9-16-8-5-12(13)3-1/h1-11,17H. The third-order valence-corrected chi connectivity index (χ3v) is 2.79. The zero-order valence-electron chi connectivity index (χ0n) is 9.30. The van der Waals surface area contributed by atoms with Crippen LogP contribution in [0.4, 0.5) is 0 Å². The van der Waals surface area contributed by atoms with Crippen molar-refractivity contribution < 1.29 is 0 Å². The van der Waals surface area contributed by atoms with E-state index < -0.39 is 0 Å². The zero-order chi connectivity index (χ0) is 11.5. The highest BCUT2D eigenvalue weighted by Gasteiger charge is 1.91. The minimum absolute atomic E-state index is 1.08. The average molecular weight is 220 g/mol. The molecule has 0 aliphatic rings. The summed E-state index contributed by atoms with van der Waals surface area (Å²) in [6.07, 6.45) is 5.56. The summed E-state index contributed by atoms with van der Waals surface area (Å²) in [7, 11) is 0. The number of aromatic amines is 1. The molecule has 2 heteroatoms. The quantitative estimate of drug-likeness (QED) is 0.612. The van der Waals surface area contributed by atoms with Gasteiger partial charge in [-0.25, -0.2) is 0 Å². The van der Waals surface area contributed by atoms with E-state index in [1.54, 1.807) is 6.20 Å². The van der Waals surface area contributed by atoms with Crippen LogP contribution in [0.1, 0.15) is 0 Å². The second kappa shape index (κ2) is 4.26. The van der Waals surface area contributed by atoms with Gasteiger partial charge in [0.15, 0.2) is 0 Å². The molecule has 0 unspecified atom stereocenters. The first-order valence-corrected chi connectivity index (χ1v) is 5.58. The SMILES string of the molecule is c1ccc2cc3cc[nH]c3ccnccc2c1. The summed E-state index contributed by atoms with van der Waals surface area (Å²) in [5, 5.41) is 3.56. The van der Waals surface area contributed by atoms with E-state index in [-0.39, 0.29) is 0 Å². The van der Waals surface area contributed by atoms with E-state index >= 15 is 0 Å². The molecule has 0 fully saturated rings. The lowest BCUT2D eigenvalue weighted by Gasteiger charge is -1.92. The molecule has 3 aromatic rings. The molecule has 3 rings (SSSR count). The molecular weight excluding hydrogens is 208 g/mol. The number of fused-ring (bicyclic) bond motifs is 2. The molecule has 0 saturated carbocycles. The summed E-state index contributed by atoms with van der Waals surface area (Å²) in [5.41, 5.74) is 1.08. The van der Waals surface area contributed by atoms with Crippen LogP contribution in [-0.4, -0.2) is 9.97 Å². The highest BCUT2D eigenvalue weighted by Crippen LogP contribution is 2.15. The summed E-state index contributed by atoms with van der Waals surface area (Å²) < 4.78 is 0. The Labute approximate surface area is 99.3 Å². The van der Waals surface area contributed by atoms with Crippen LogP contribution in [0.25, 0.3) is 21.7 Å². The minimum Gasteiger partial charge on any atom is -0.361 e. The maximum atomic E-state index is 4.21. The number of rotatable bonds is 0. The fraction of sp³-hybridized carbons (Fsp3) is 0. The van der Waals surface area contributed by atoms with E-state index in [4.69, 9.17) is 0 Å². The highest BCUT2D eigenvalue weighted by atomic mass is 14.7. The number of aromatic nitrogens is 2. The molecule has 17 heavy (non-hydrogen) atoms. The second-order valence-electron chi connectivity index (χ2n) is 3.90. The zero-order valence-corrected chi connectivity index (χ0v) is 9.30. The van der Waals surface area contributed by atoms with Crippen molar-refractivity contribution in [3.05, 3.63) is 67.1 Å². The molecule has 0 atom stereocenters. The Kier molecular flexibility index (Phi) is 2.47. The lowest BCUT2D eigenvalue weighted by molar-refractivity contribution is 1.36. The van der Waals surface area contributed by atoms with Gasteiger partial charge in [0.2, 0.25) is 0 Å². The first-order valence-electron chi connectivity index (χ1n) is 5.58. The molecule has 0 spiro atoms. The molecule has 1 aromatic carbocycles. The summed E-state index contributed by atoms with van der Waals surface area (Å²) in [6.45, 7) is 0. The minimum atomic E-state index is 1.08. The largest absolute Gasteiger partial charge is 0.361 e. The topological polar surface area (TPSA) is 28.7 Å². The van der Waals surface area contributed by atoms with Gasteiger partial charge in [-0.3, -0.25) is 4.98 Å². The van der Waals surface area contributed by atoms with Crippen molar-refractivity contribution in [2.45, 2.75) is 0 Å². The Hall–Kier alpha value is -2.35. The molecule has 2 heterocycles. The van der Waals surface area contributed by atoms with E-state index in [9.17, 15) is 0 Å². The van der Waals surface area contributed by atoms with Crippen LogP contribution in [0.5, 0.6) is 0 Å². The number of H-pyrrole nitrogens is 1. The first kappa shape index (κ1) is 9.85. The van der Waals surface area contributed by atoms with Crippen molar-refractivity contribution in [3.63, 3.8) is 0 Å². The van der Waals surface area contributed by atoms with Crippen LogP contribution in [-0.2, 0) is 0 Å². The molecule has 0 aliphatic heterocycles. The van der Waals surface area contributed by atoms with Crippen LogP contribution in [0.2, 0.25) is 0 Å². The Morgan fingerprint density at radius 2 is 1.59 bits per heavy atom. The third-order valence-electron chi connectivity index (χ3n) is 2.79. The molecule has 0 aliphatic carbocycles. The Bertz CT molecular complexity index is 712. The number of nitrogens with zero attached hydrogens (tertiary/aromatic N) is 1. The molecule has 0 amide bonds. The molecule has 2 nitrogen and oxygen atoms in total. The first-order chi connectivity index (χ1) is 8.43. The lowest BCUT2D eigenvalue weighted by atomic mass is 10.1. The normalized spacial score (nSPS) is 10.4. The van der Waals surface area contributed by atoms with Gasteiger partial charge in [0.05, 0.1) is 0 Å². The second-order valence-corrected chi connectivity index (χ2v) is 3.90. The fourth-order valence-electron chi connectivity index (χ4n) is 1.92. The van der Waals surface area contributed by atoms with Gasteiger partial charge in [-0.2, -0.15) is 0 Å². The van der Waals surface area contributed by atoms with Crippen molar-refractivity contribution in [2.75, 3.05) is 0 Å². The lowest BCUT2D eigenvalue weighted by Crippen LogP contribution is -1.69. The third kappa shape index (κ3) is 1.97. The van der Waals surface area contributed by atoms with E-state index in [0.717, 1.165) is 5.52 Å². The van der Waals surface area contributed by atoms with Crippen molar-refractivity contribution >= 4 is 21.7 Å². The molecule has 1 N–H and O–H groups in total. The number of hydrogen-bond acceptors (Lipinski definition) is 1. The fourth-order valence-corrected chi connectivity index (χ4v) is 1.92. The maximum absolute atomic E-state index is 4.21. The predicted molar refractivity (Wildman–Crippen MR) is 71.2 cm³/mol. The van der Waals surface area contributed by atoms with E-state index in [2.05, 4.69) is 34.2 Å². The molecule has 0 radical (unpaired) electrons. The van der Waals surface area contributed by atoms with Crippen molar-refractivity contribution in [1.82, 2.24) is 9.97 Å². The van der Waals surface area contributed by atoms with Crippen molar-refractivity contribution in [1.29, 1.82) is 0 Å². The van der Waals surface area contributed by atoms with Gasteiger partial charge < -0.3 is 4.98 Å². The Morgan fingerprint density at radius 3 is 2.53 bits per heavy atom. The van der Waals surface area contributed by atoms with E-state index in [0.29, 0.717) is 0 Å². The smallest absolute Gasteiger partial charge is 0.0469 e. The predicted octanol–water partition coefficient (Wildman–Crippen LogP) is 3.84. The van der Waals surface area contributed by atoms with Crippen LogP contribution in [0.15, 0.2) is 67.1 Å². The van der Waals surface area contributed by atoms with E-state index in [1.165, 1.54) is 16.2 Å². The summed E-state index contributed by atoms with van der Waals surface area (Å²) in [6, 6.07) is 16.5. The summed E-state index contributed by atoms with van der Waals surface area (Å²) in [4.78, 5) is 7.42. The molecule has 0 bridgehead atoms. The Balaban J connectivity index is 2.50. The van der Waals surface area contributed by atoms with Gasteiger partial charge in [-0.05, 0) is 35.0 Å². The Morgan fingerprint density at radius 1 is 0.765 bits per heavy atom. The maximum Gasteiger partial charge on any atom is 0.0469 e. The molecule has 0 saturated heterocycles. The summed E-state index contributed by atoms with van der Waals surface area (Å²) in [5.74, 6) is 0. The number of hydrogen-bond donors (Lipinski definition) is 1. The molecule has 82 valence electrons. The van der Waals surface area contributed by atoms with Gasteiger partial charge in [0.1, 0.15) is 0 Å². The summed E-state index contributed by atoms with van der Waals surface area (Å²) >= 11 is 0. The van der Waals surface area contributed by atoms with Gasteiger partial charge in [-0.1, -0.05) is 24.3 Å². The monoisotopic (exact) mass is 220 g/mol. The van der Waals surface area contributed by atoms with Gasteiger partial charge in [0, 0.05) is 29.5 Å². The van der Waals surface area contributed by atoms with Crippen LogP contribution >= 0.6 is 0 Å². The van der Waals surface area contributed by atoms with Crippen molar-refractivity contribution in [3.8, 4) is 0 Å². The molecule has 2 aromatic heterocycles. The molecular formula is C15H12N2. The average Bonchev–Trinajstić information content (AvgIpc) is 2.79. The van der Waals surface area contributed by atoms with Crippen LogP contribution in [0, 0.1) is 0 Å². The van der Waals surface area contributed by atoms with Gasteiger partial charge in [0.25, 0.3) is 0 Å². The van der Waals surface area contributed by atoms with Crippen molar-refractivity contribution in [2.24, 2.45) is 0 Å². The van der Waals surface area contributed by atoms with Gasteiger partial charge in [-0.15, -0.1) is 0 Å². The van der Waals surface area contributed by atoms with E-state index in [1.807, 2.05) is 36.7 Å². The van der Waals surface area contributed by atoms with Crippen LogP contribution in [0.3, 0.4) is 0 Å².